The van der Waals surface area contributed by atoms with Crippen molar-refractivity contribution in [2.75, 3.05) is 26.8 Å². The van der Waals surface area contributed by atoms with E-state index in [9.17, 15) is 4.79 Å². The van der Waals surface area contributed by atoms with Crippen LogP contribution in [0.25, 0.3) is 0 Å². The maximum Gasteiger partial charge on any atom is 0.253 e. The van der Waals surface area contributed by atoms with Crippen LogP contribution in [-0.2, 0) is 9.47 Å². The normalized spacial score (nSPS) is 24.5. The van der Waals surface area contributed by atoms with Gasteiger partial charge in [-0.25, -0.2) is 0 Å². The molecule has 1 spiro atoms. The molecule has 0 bridgehead atoms. The highest BCUT2D eigenvalue weighted by Gasteiger charge is 2.45. The Morgan fingerprint density at radius 1 is 1.36 bits per heavy atom. The van der Waals surface area contributed by atoms with Gasteiger partial charge in [0, 0.05) is 32.4 Å². The Labute approximate surface area is 132 Å². The highest BCUT2D eigenvalue weighted by atomic mass is 16.5. The lowest BCUT2D eigenvalue weighted by Crippen LogP contribution is -2.56. The number of benzene rings is 1. The summed E-state index contributed by atoms with van der Waals surface area (Å²) < 4.78 is 11.8. The maximum atomic E-state index is 12.6. The van der Waals surface area contributed by atoms with Gasteiger partial charge in [0.2, 0.25) is 0 Å². The molecule has 4 heteroatoms. The molecule has 2 aliphatic rings. The summed E-state index contributed by atoms with van der Waals surface area (Å²) >= 11 is 0. The van der Waals surface area contributed by atoms with Crippen LogP contribution in [-0.4, -0.2) is 49.3 Å². The lowest BCUT2D eigenvalue weighted by atomic mass is 9.81. The molecule has 2 saturated heterocycles. The van der Waals surface area contributed by atoms with Crippen molar-refractivity contribution in [2.24, 2.45) is 0 Å². The summed E-state index contributed by atoms with van der Waals surface area (Å²) in [5, 5.41) is 0. The molecule has 3 rings (SSSR count). The zero-order valence-corrected chi connectivity index (χ0v) is 13.5. The summed E-state index contributed by atoms with van der Waals surface area (Å²) in [4.78, 5) is 14.6. The molecule has 4 nitrogen and oxygen atoms in total. The smallest absolute Gasteiger partial charge is 0.253 e. The number of carbonyl (C=O) groups is 1. The molecule has 0 aliphatic carbocycles. The highest BCUT2D eigenvalue weighted by molar-refractivity contribution is 5.94. The van der Waals surface area contributed by atoms with Crippen LogP contribution in [0.4, 0.5) is 0 Å². The van der Waals surface area contributed by atoms with Crippen molar-refractivity contribution in [1.82, 2.24) is 4.90 Å². The standard InChI is InChI=1S/C18H25NO3/c1-14-5-3-6-15(13-14)17(20)19-10-8-18(9-11-19)16(21-2)7-4-12-22-18/h3,5-6,13,16H,4,7-12H2,1-2H3/t16-/m0/s1. The first kappa shape index (κ1) is 15.5. The third kappa shape index (κ3) is 2.90. The first-order chi connectivity index (χ1) is 10.6. The predicted octanol–water partition coefficient (Wildman–Crippen LogP) is 2.80. The number of piperidine rings is 1. The third-order valence-corrected chi connectivity index (χ3v) is 5.03. The van der Waals surface area contributed by atoms with Gasteiger partial charge in [-0.05, 0) is 44.7 Å². The Hall–Kier alpha value is -1.39. The van der Waals surface area contributed by atoms with Crippen LogP contribution >= 0.6 is 0 Å². The summed E-state index contributed by atoms with van der Waals surface area (Å²) in [6, 6.07) is 7.82. The average molecular weight is 303 g/mol. The number of carbonyl (C=O) groups excluding carboxylic acids is 1. The molecule has 1 aromatic carbocycles. The Kier molecular flexibility index (Phi) is 4.50. The summed E-state index contributed by atoms with van der Waals surface area (Å²) in [5.74, 6) is 0.128. The molecule has 0 saturated carbocycles. The van der Waals surface area contributed by atoms with Crippen molar-refractivity contribution in [3.63, 3.8) is 0 Å². The quantitative estimate of drug-likeness (QED) is 0.843. The van der Waals surface area contributed by atoms with Crippen molar-refractivity contribution in [1.29, 1.82) is 0 Å². The van der Waals surface area contributed by atoms with Gasteiger partial charge < -0.3 is 14.4 Å². The fourth-order valence-electron chi connectivity index (χ4n) is 3.75. The molecule has 2 heterocycles. The van der Waals surface area contributed by atoms with E-state index in [1.165, 1.54) is 0 Å². The van der Waals surface area contributed by atoms with Crippen molar-refractivity contribution in [3.05, 3.63) is 35.4 Å². The minimum absolute atomic E-state index is 0.128. The molecule has 0 N–H and O–H groups in total. The van der Waals surface area contributed by atoms with E-state index in [1.54, 1.807) is 7.11 Å². The number of hydrogen-bond donors (Lipinski definition) is 0. The Morgan fingerprint density at radius 3 is 2.82 bits per heavy atom. The van der Waals surface area contributed by atoms with E-state index in [-0.39, 0.29) is 17.6 Å². The molecule has 0 aromatic heterocycles. The largest absolute Gasteiger partial charge is 0.378 e. The summed E-state index contributed by atoms with van der Waals surface area (Å²) in [6.07, 6.45) is 4.01. The second-order valence-electron chi connectivity index (χ2n) is 6.44. The molecular weight excluding hydrogens is 278 g/mol. The van der Waals surface area contributed by atoms with Crippen LogP contribution in [0.3, 0.4) is 0 Å². The highest BCUT2D eigenvalue weighted by Crippen LogP contribution is 2.37. The topological polar surface area (TPSA) is 38.8 Å². The SMILES string of the molecule is CO[C@H]1CCCOC12CCN(C(=O)c1cccc(C)c1)CC2. The van der Waals surface area contributed by atoms with Gasteiger partial charge in [-0.3, -0.25) is 4.79 Å². The lowest BCUT2D eigenvalue weighted by molar-refractivity contribution is -0.183. The summed E-state index contributed by atoms with van der Waals surface area (Å²) in [6.45, 7) is 4.31. The minimum Gasteiger partial charge on any atom is -0.378 e. The Morgan fingerprint density at radius 2 is 2.14 bits per heavy atom. The number of amides is 1. The van der Waals surface area contributed by atoms with Crippen molar-refractivity contribution >= 4 is 5.91 Å². The van der Waals surface area contributed by atoms with Gasteiger partial charge in [0.15, 0.2) is 0 Å². The van der Waals surface area contributed by atoms with E-state index >= 15 is 0 Å². The van der Waals surface area contributed by atoms with Gasteiger partial charge in [0.05, 0.1) is 11.7 Å². The van der Waals surface area contributed by atoms with Crippen molar-refractivity contribution in [2.45, 2.75) is 44.3 Å². The minimum atomic E-state index is -0.184. The lowest BCUT2D eigenvalue weighted by Gasteiger charge is -2.48. The van der Waals surface area contributed by atoms with Crippen LogP contribution in [0.2, 0.25) is 0 Å². The Bertz CT molecular complexity index is 535. The summed E-state index contributed by atoms with van der Waals surface area (Å²) in [5.41, 5.74) is 1.72. The van der Waals surface area contributed by atoms with Crippen LogP contribution < -0.4 is 0 Å². The van der Waals surface area contributed by atoms with Crippen LogP contribution in [0.5, 0.6) is 0 Å². The second kappa shape index (κ2) is 6.39. The zero-order chi connectivity index (χ0) is 15.6. The predicted molar refractivity (Wildman–Crippen MR) is 85.0 cm³/mol. The molecule has 1 atom stereocenters. The molecular formula is C18H25NO3. The zero-order valence-electron chi connectivity index (χ0n) is 13.5. The number of nitrogens with zero attached hydrogens (tertiary/aromatic N) is 1. The number of ether oxygens (including phenoxy) is 2. The monoisotopic (exact) mass is 303 g/mol. The average Bonchev–Trinajstić information content (AvgIpc) is 2.55. The van der Waals surface area contributed by atoms with E-state index in [1.807, 2.05) is 36.1 Å². The summed E-state index contributed by atoms with van der Waals surface area (Å²) in [7, 11) is 1.77. The van der Waals surface area contributed by atoms with E-state index in [0.29, 0.717) is 0 Å². The molecule has 0 unspecified atom stereocenters. The first-order valence-electron chi connectivity index (χ1n) is 8.17. The number of likely N-dealkylation sites (tertiary alicyclic amines) is 1. The van der Waals surface area contributed by atoms with Crippen LogP contribution in [0.1, 0.15) is 41.6 Å². The number of methoxy groups -OCH3 is 1. The van der Waals surface area contributed by atoms with E-state index < -0.39 is 0 Å². The first-order valence-corrected chi connectivity index (χ1v) is 8.17. The number of hydrogen-bond acceptors (Lipinski definition) is 3. The Balaban J connectivity index is 1.67. The van der Waals surface area contributed by atoms with Gasteiger partial charge in [-0.2, -0.15) is 0 Å². The fraction of sp³-hybridized carbons (Fsp3) is 0.611. The number of aryl methyl sites for hydroxylation is 1. The molecule has 2 aliphatic heterocycles. The van der Waals surface area contributed by atoms with E-state index in [4.69, 9.17) is 9.47 Å². The maximum absolute atomic E-state index is 12.6. The van der Waals surface area contributed by atoms with E-state index in [0.717, 1.165) is 56.5 Å². The van der Waals surface area contributed by atoms with Crippen LogP contribution in [0.15, 0.2) is 24.3 Å². The fourth-order valence-corrected chi connectivity index (χ4v) is 3.75. The molecule has 1 aromatic rings. The molecule has 120 valence electrons. The third-order valence-electron chi connectivity index (χ3n) is 5.03. The van der Waals surface area contributed by atoms with Gasteiger partial charge >= 0.3 is 0 Å². The second-order valence-corrected chi connectivity index (χ2v) is 6.44. The van der Waals surface area contributed by atoms with Crippen LogP contribution in [0, 0.1) is 6.92 Å². The van der Waals surface area contributed by atoms with Gasteiger partial charge in [-0.15, -0.1) is 0 Å². The van der Waals surface area contributed by atoms with Gasteiger partial charge in [0.25, 0.3) is 5.91 Å². The molecule has 22 heavy (non-hydrogen) atoms. The van der Waals surface area contributed by atoms with Crippen molar-refractivity contribution < 1.29 is 14.3 Å². The van der Waals surface area contributed by atoms with E-state index in [2.05, 4.69) is 0 Å². The van der Waals surface area contributed by atoms with Gasteiger partial charge in [-0.1, -0.05) is 17.7 Å². The molecule has 0 radical (unpaired) electrons. The van der Waals surface area contributed by atoms with Gasteiger partial charge in [0.1, 0.15) is 0 Å². The van der Waals surface area contributed by atoms with Crippen molar-refractivity contribution in [3.8, 4) is 0 Å². The molecule has 2 fully saturated rings. The molecule has 1 amide bonds. The number of rotatable bonds is 2.